The van der Waals surface area contributed by atoms with Crippen molar-refractivity contribution in [2.24, 2.45) is 0 Å². The zero-order valence-corrected chi connectivity index (χ0v) is 13.1. The van der Waals surface area contributed by atoms with Crippen LogP contribution in [0.25, 0.3) is 0 Å². The molecule has 3 rings (SSSR count). The third-order valence-electron chi connectivity index (χ3n) is 3.46. The molecule has 0 aliphatic heterocycles. The Labute approximate surface area is 139 Å². The van der Waals surface area contributed by atoms with Gasteiger partial charge in [0.25, 0.3) is 5.91 Å². The topological polar surface area (TPSA) is 54.0 Å². The summed E-state index contributed by atoms with van der Waals surface area (Å²) >= 11 is 0. The number of nitrogens with one attached hydrogen (secondary N) is 2. The molecule has 24 heavy (non-hydrogen) atoms. The molecule has 5 heteroatoms. The molecular formula is C19H16FN3O. The van der Waals surface area contributed by atoms with Crippen molar-refractivity contribution in [3.63, 3.8) is 0 Å². The first-order valence-electron chi connectivity index (χ1n) is 7.47. The van der Waals surface area contributed by atoms with Gasteiger partial charge >= 0.3 is 0 Å². The number of carbonyl (C=O) groups excluding carboxylic acids is 1. The molecule has 4 nitrogen and oxygen atoms in total. The van der Waals surface area contributed by atoms with Crippen molar-refractivity contribution in [2.75, 3.05) is 10.6 Å². The molecule has 2 N–H and O–H groups in total. The molecule has 2 aromatic carbocycles. The average Bonchev–Trinajstić information content (AvgIpc) is 2.59. The number of benzene rings is 2. The number of anilines is 3. The molecule has 0 fully saturated rings. The van der Waals surface area contributed by atoms with Crippen molar-refractivity contribution in [1.82, 2.24) is 4.98 Å². The fourth-order valence-corrected chi connectivity index (χ4v) is 2.15. The summed E-state index contributed by atoms with van der Waals surface area (Å²) in [6, 6.07) is 17.3. The van der Waals surface area contributed by atoms with Gasteiger partial charge in [0, 0.05) is 5.69 Å². The van der Waals surface area contributed by atoms with Crippen LogP contribution in [0.15, 0.2) is 66.9 Å². The van der Waals surface area contributed by atoms with Crippen LogP contribution in [0.4, 0.5) is 21.5 Å². The van der Waals surface area contributed by atoms with Gasteiger partial charge in [-0.25, -0.2) is 9.37 Å². The molecule has 3 aromatic rings. The van der Waals surface area contributed by atoms with E-state index in [2.05, 4.69) is 15.6 Å². The number of carbonyl (C=O) groups is 1. The van der Waals surface area contributed by atoms with Crippen LogP contribution < -0.4 is 10.6 Å². The van der Waals surface area contributed by atoms with Crippen LogP contribution in [-0.2, 0) is 0 Å². The first-order valence-corrected chi connectivity index (χ1v) is 7.47. The molecule has 0 radical (unpaired) electrons. The number of hydrogen-bond acceptors (Lipinski definition) is 3. The van der Waals surface area contributed by atoms with Gasteiger partial charge in [-0.3, -0.25) is 4.79 Å². The first kappa shape index (κ1) is 15.7. The van der Waals surface area contributed by atoms with Gasteiger partial charge in [0.15, 0.2) is 0 Å². The Morgan fingerprint density at radius 2 is 1.67 bits per heavy atom. The van der Waals surface area contributed by atoms with Crippen LogP contribution >= 0.6 is 0 Å². The van der Waals surface area contributed by atoms with E-state index in [-0.39, 0.29) is 11.4 Å². The highest BCUT2D eigenvalue weighted by atomic mass is 19.1. The average molecular weight is 321 g/mol. The molecular weight excluding hydrogens is 305 g/mol. The zero-order chi connectivity index (χ0) is 16.9. The van der Waals surface area contributed by atoms with Crippen LogP contribution in [-0.4, -0.2) is 10.9 Å². The van der Waals surface area contributed by atoms with Gasteiger partial charge in [-0.05, 0) is 43.3 Å². The fourth-order valence-electron chi connectivity index (χ4n) is 2.15. The molecule has 120 valence electrons. The highest BCUT2D eigenvalue weighted by Gasteiger charge is 2.10. The summed E-state index contributed by atoms with van der Waals surface area (Å²) in [5, 5.41) is 5.71. The largest absolute Gasteiger partial charge is 0.354 e. The second-order valence-corrected chi connectivity index (χ2v) is 5.36. The number of nitrogens with zero attached hydrogens (tertiary/aromatic N) is 1. The van der Waals surface area contributed by atoms with Crippen molar-refractivity contribution in [2.45, 2.75) is 6.92 Å². The minimum atomic E-state index is -0.483. The van der Waals surface area contributed by atoms with Crippen LogP contribution in [0.3, 0.4) is 0 Å². The number of aryl methyl sites for hydroxylation is 1. The summed E-state index contributed by atoms with van der Waals surface area (Å²) in [5.41, 5.74) is 3.23. The summed E-state index contributed by atoms with van der Waals surface area (Å²) in [6.45, 7) is 2.02. The highest BCUT2D eigenvalue weighted by Crippen LogP contribution is 2.17. The molecule has 0 saturated carbocycles. The number of halogens is 1. The lowest BCUT2D eigenvalue weighted by atomic mass is 10.2. The van der Waals surface area contributed by atoms with E-state index in [0.29, 0.717) is 0 Å². The highest BCUT2D eigenvalue weighted by molar-refractivity contribution is 6.03. The molecule has 0 atom stereocenters. The predicted octanol–water partition coefficient (Wildman–Crippen LogP) is 4.53. The van der Waals surface area contributed by atoms with Gasteiger partial charge in [-0.1, -0.05) is 29.8 Å². The number of rotatable bonds is 4. The quantitative estimate of drug-likeness (QED) is 0.742. The molecule has 1 amide bonds. The van der Waals surface area contributed by atoms with E-state index in [4.69, 9.17) is 0 Å². The second-order valence-electron chi connectivity index (χ2n) is 5.36. The standard InChI is InChI=1S/C19H16FN3O/c1-13-6-8-14(9-7-13)22-15-10-11-18(21-12-15)19(24)23-17-5-3-2-4-16(17)20/h2-12,22H,1H3,(H,23,24). The number of amides is 1. The minimum Gasteiger partial charge on any atom is -0.354 e. The lowest BCUT2D eigenvalue weighted by Crippen LogP contribution is -2.14. The number of hydrogen-bond donors (Lipinski definition) is 2. The summed E-state index contributed by atoms with van der Waals surface area (Å²) in [5.74, 6) is -0.939. The normalized spacial score (nSPS) is 10.2. The van der Waals surface area contributed by atoms with E-state index in [1.165, 1.54) is 17.7 Å². The van der Waals surface area contributed by atoms with E-state index in [1.807, 2.05) is 31.2 Å². The van der Waals surface area contributed by atoms with Gasteiger partial charge < -0.3 is 10.6 Å². The molecule has 0 bridgehead atoms. The lowest BCUT2D eigenvalue weighted by molar-refractivity contribution is 0.102. The number of aromatic nitrogens is 1. The van der Waals surface area contributed by atoms with Crippen molar-refractivity contribution in [1.29, 1.82) is 0 Å². The summed E-state index contributed by atoms with van der Waals surface area (Å²) < 4.78 is 13.6. The SMILES string of the molecule is Cc1ccc(Nc2ccc(C(=O)Nc3ccccc3F)nc2)cc1. The van der Waals surface area contributed by atoms with Crippen LogP contribution in [0.1, 0.15) is 16.1 Å². The van der Waals surface area contributed by atoms with E-state index in [9.17, 15) is 9.18 Å². The van der Waals surface area contributed by atoms with Crippen molar-refractivity contribution < 1.29 is 9.18 Å². The molecule has 0 aliphatic rings. The smallest absolute Gasteiger partial charge is 0.274 e. The Balaban J connectivity index is 1.68. The predicted molar refractivity (Wildman–Crippen MR) is 93.1 cm³/mol. The molecule has 0 spiro atoms. The van der Waals surface area contributed by atoms with E-state index >= 15 is 0 Å². The zero-order valence-electron chi connectivity index (χ0n) is 13.1. The third kappa shape index (κ3) is 3.76. The fraction of sp³-hybridized carbons (Fsp3) is 0.0526. The Morgan fingerprint density at radius 1 is 0.958 bits per heavy atom. The second kappa shape index (κ2) is 6.91. The Hall–Kier alpha value is -3.21. The molecule has 0 aliphatic carbocycles. The maximum Gasteiger partial charge on any atom is 0.274 e. The van der Waals surface area contributed by atoms with Crippen molar-refractivity contribution in [3.8, 4) is 0 Å². The summed E-state index contributed by atoms with van der Waals surface area (Å²) in [4.78, 5) is 16.2. The van der Waals surface area contributed by atoms with Crippen LogP contribution in [0.5, 0.6) is 0 Å². The number of pyridine rings is 1. The minimum absolute atomic E-state index is 0.131. The Bertz CT molecular complexity index is 845. The molecule has 0 saturated heterocycles. The van der Waals surface area contributed by atoms with Gasteiger partial charge in [-0.15, -0.1) is 0 Å². The van der Waals surface area contributed by atoms with E-state index in [1.54, 1.807) is 30.5 Å². The molecule has 1 aromatic heterocycles. The van der Waals surface area contributed by atoms with Gasteiger partial charge in [0.1, 0.15) is 11.5 Å². The Morgan fingerprint density at radius 3 is 2.33 bits per heavy atom. The van der Waals surface area contributed by atoms with E-state index in [0.717, 1.165) is 11.4 Å². The summed E-state index contributed by atoms with van der Waals surface area (Å²) in [6.07, 6.45) is 1.57. The molecule has 1 heterocycles. The van der Waals surface area contributed by atoms with Crippen molar-refractivity contribution in [3.05, 3.63) is 83.9 Å². The van der Waals surface area contributed by atoms with Gasteiger partial charge in [0.05, 0.1) is 17.6 Å². The first-order chi connectivity index (χ1) is 11.6. The van der Waals surface area contributed by atoms with Gasteiger partial charge in [0.2, 0.25) is 0 Å². The van der Waals surface area contributed by atoms with Crippen molar-refractivity contribution >= 4 is 23.0 Å². The van der Waals surface area contributed by atoms with Crippen LogP contribution in [0, 0.1) is 12.7 Å². The maximum atomic E-state index is 13.6. The van der Waals surface area contributed by atoms with E-state index < -0.39 is 11.7 Å². The van der Waals surface area contributed by atoms with Gasteiger partial charge in [-0.2, -0.15) is 0 Å². The third-order valence-corrected chi connectivity index (χ3v) is 3.46. The monoisotopic (exact) mass is 321 g/mol. The van der Waals surface area contributed by atoms with Crippen LogP contribution in [0.2, 0.25) is 0 Å². The molecule has 0 unspecified atom stereocenters. The summed E-state index contributed by atoms with van der Waals surface area (Å²) in [7, 11) is 0. The maximum absolute atomic E-state index is 13.6. The Kier molecular flexibility index (Phi) is 4.52. The lowest BCUT2D eigenvalue weighted by Gasteiger charge is -2.08. The number of para-hydroxylation sites is 1.